The van der Waals surface area contributed by atoms with E-state index in [2.05, 4.69) is 0 Å². The summed E-state index contributed by atoms with van der Waals surface area (Å²) in [5.74, 6) is -0.510. The van der Waals surface area contributed by atoms with E-state index in [0.29, 0.717) is 22.0 Å². The summed E-state index contributed by atoms with van der Waals surface area (Å²) >= 11 is 6.11. The van der Waals surface area contributed by atoms with Gasteiger partial charge in [-0.15, -0.1) is 0 Å². The van der Waals surface area contributed by atoms with E-state index in [-0.39, 0.29) is 4.32 Å². The molecule has 0 aromatic heterocycles. The molecule has 1 aliphatic rings. The highest BCUT2D eigenvalue weighted by Crippen LogP contribution is 2.37. The van der Waals surface area contributed by atoms with Crippen LogP contribution in [0.3, 0.4) is 0 Å². The number of carboxylic acids is 1. The molecular formula is C14H13NO5S2. The Kier molecular flexibility index (Phi) is 5.04. The fourth-order valence-corrected chi connectivity index (χ4v) is 3.18. The molecule has 22 heavy (non-hydrogen) atoms. The summed E-state index contributed by atoms with van der Waals surface area (Å²) < 4.78 is 10.7. The monoisotopic (exact) mass is 339 g/mol. The van der Waals surface area contributed by atoms with Crippen LogP contribution in [0.2, 0.25) is 0 Å². The zero-order valence-electron chi connectivity index (χ0n) is 11.9. The van der Waals surface area contributed by atoms with Gasteiger partial charge in [-0.2, -0.15) is 0 Å². The molecule has 116 valence electrons. The number of carbonyl (C=O) groups is 2. The van der Waals surface area contributed by atoms with Crippen molar-refractivity contribution < 1.29 is 24.2 Å². The van der Waals surface area contributed by atoms with E-state index in [4.69, 9.17) is 26.8 Å². The van der Waals surface area contributed by atoms with Crippen LogP contribution in [0.25, 0.3) is 6.08 Å². The molecule has 1 fully saturated rings. The largest absolute Gasteiger partial charge is 0.493 e. The number of para-hydroxylation sites is 1. The maximum absolute atomic E-state index is 12.2. The van der Waals surface area contributed by atoms with Crippen molar-refractivity contribution in [3.63, 3.8) is 0 Å². The Morgan fingerprint density at radius 2 is 2.14 bits per heavy atom. The molecule has 0 saturated carbocycles. The maximum atomic E-state index is 12.2. The molecule has 1 N–H and O–H groups in total. The van der Waals surface area contributed by atoms with Crippen molar-refractivity contribution in [3.8, 4) is 11.5 Å². The van der Waals surface area contributed by atoms with Gasteiger partial charge in [-0.1, -0.05) is 36.1 Å². The zero-order chi connectivity index (χ0) is 16.3. The second-order valence-corrected chi connectivity index (χ2v) is 5.92. The third-order valence-electron chi connectivity index (χ3n) is 2.89. The van der Waals surface area contributed by atoms with E-state index in [9.17, 15) is 9.59 Å². The van der Waals surface area contributed by atoms with Gasteiger partial charge < -0.3 is 14.6 Å². The lowest BCUT2D eigenvalue weighted by atomic mass is 10.1. The van der Waals surface area contributed by atoms with Gasteiger partial charge in [-0.25, -0.2) is 0 Å². The molecule has 0 aliphatic carbocycles. The molecule has 0 spiro atoms. The number of carboxylic acid groups (broad SMARTS) is 1. The number of aliphatic carboxylic acids is 1. The Morgan fingerprint density at radius 3 is 2.73 bits per heavy atom. The standard InChI is InChI=1S/C14H13NO5S2/c1-19-9-5-3-4-8(12(9)20-2)6-10-13(18)15(7-11(16)17)14(21)22-10/h3-6H,7H2,1-2H3,(H,16,17)/b10-6-. The van der Waals surface area contributed by atoms with Crippen LogP contribution in [0.1, 0.15) is 5.56 Å². The van der Waals surface area contributed by atoms with Crippen molar-refractivity contribution in [2.45, 2.75) is 0 Å². The number of thiocarbonyl (C=S) groups is 1. The molecular weight excluding hydrogens is 326 g/mol. The van der Waals surface area contributed by atoms with Crippen LogP contribution in [-0.2, 0) is 9.59 Å². The Balaban J connectivity index is 2.37. The number of hydrogen-bond acceptors (Lipinski definition) is 6. The lowest BCUT2D eigenvalue weighted by Gasteiger charge is -2.11. The number of amides is 1. The van der Waals surface area contributed by atoms with Crippen molar-refractivity contribution >= 4 is 46.3 Å². The molecule has 0 radical (unpaired) electrons. The first-order valence-corrected chi connectivity index (χ1v) is 7.38. The molecule has 8 heteroatoms. The smallest absolute Gasteiger partial charge is 0.323 e. The number of benzene rings is 1. The third kappa shape index (κ3) is 3.23. The van der Waals surface area contributed by atoms with Crippen LogP contribution in [0.5, 0.6) is 11.5 Å². The van der Waals surface area contributed by atoms with Gasteiger partial charge in [-0.05, 0) is 12.1 Å². The molecule has 2 rings (SSSR count). The summed E-state index contributed by atoms with van der Waals surface area (Å²) in [6.45, 7) is -0.447. The van der Waals surface area contributed by atoms with Crippen LogP contribution < -0.4 is 9.47 Å². The molecule has 1 amide bonds. The number of methoxy groups -OCH3 is 2. The third-order valence-corrected chi connectivity index (χ3v) is 4.26. The zero-order valence-corrected chi connectivity index (χ0v) is 13.5. The van der Waals surface area contributed by atoms with Crippen molar-refractivity contribution in [1.82, 2.24) is 4.90 Å². The van der Waals surface area contributed by atoms with Gasteiger partial charge in [0.05, 0.1) is 19.1 Å². The number of hydrogen-bond donors (Lipinski definition) is 1. The van der Waals surface area contributed by atoms with Gasteiger partial charge in [0.2, 0.25) is 0 Å². The van der Waals surface area contributed by atoms with E-state index in [1.165, 1.54) is 14.2 Å². The van der Waals surface area contributed by atoms with Crippen molar-refractivity contribution in [3.05, 3.63) is 28.7 Å². The van der Waals surface area contributed by atoms with Crippen molar-refractivity contribution in [2.24, 2.45) is 0 Å². The Labute approximate surface area is 136 Å². The van der Waals surface area contributed by atoms with Crippen LogP contribution in [0, 0.1) is 0 Å². The quantitative estimate of drug-likeness (QED) is 0.649. The van der Waals surface area contributed by atoms with Crippen LogP contribution >= 0.6 is 24.0 Å². The van der Waals surface area contributed by atoms with Crippen LogP contribution in [0.4, 0.5) is 0 Å². The molecule has 1 aliphatic heterocycles. The Bertz CT molecular complexity index is 671. The average molecular weight is 339 g/mol. The minimum atomic E-state index is -1.11. The topological polar surface area (TPSA) is 76.1 Å². The number of thioether (sulfide) groups is 1. The first kappa shape index (κ1) is 16.3. The van der Waals surface area contributed by atoms with Crippen molar-refractivity contribution in [1.29, 1.82) is 0 Å². The van der Waals surface area contributed by atoms with Crippen LogP contribution in [-0.4, -0.2) is 47.0 Å². The van der Waals surface area contributed by atoms with Gasteiger partial charge >= 0.3 is 5.97 Å². The lowest BCUT2D eigenvalue weighted by molar-refractivity contribution is -0.140. The summed E-state index contributed by atoms with van der Waals surface area (Å²) in [5, 5.41) is 8.82. The van der Waals surface area contributed by atoms with Gasteiger partial charge in [0.25, 0.3) is 5.91 Å². The van der Waals surface area contributed by atoms with Crippen molar-refractivity contribution in [2.75, 3.05) is 20.8 Å². The SMILES string of the molecule is COc1cccc(/C=C2\SC(=S)N(CC(=O)O)C2=O)c1OC. The first-order valence-electron chi connectivity index (χ1n) is 6.16. The molecule has 1 aromatic carbocycles. The predicted molar refractivity (Wildman–Crippen MR) is 87.1 cm³/mol. The molecule has 0 bridgehead atoms. The second-order valence-electron chi connectivity index (χ2n) is 4.24. The van der Waals surface area contributed by atoms with Crippen LogP contribution in [0.15, 0.2) is 23.1 Å². The highest BCUT2D eigenvalue weighted by atomic mass is 32.2. The number of ether oxygens (including phenoxy) is 2. The Morgan fingerprint density at radius 1 is 1.41 bits per heavy atom. The maximum Gasteiger partial charge on any atom is 0.323 e. The highest BCUT2D eigenvalue weighted by Gasteiger charge is 2.33. The number of carbonyl (C=O) groups excluding carboxylic acids is 1. The summed E-state index contributed by atoms with van der Waals surface area (Å²) in [5.41, 5.74) is 0.651. The summed E-state index contributed by atoms with van der Waals surface area (Å²) in [4.78, 5) is 24.4. The highest BCUT2D eigenvalue weighted by molar-refractivity contribution is 8.26. The second kappa shape index (κ2) is 6.80. The molecule has 1 heterocycles. The van der Waals surface area contributed by atoms with E-state index in [1.807, 2.05) is 0 Å². The minimum Gasteiger partial charge on any atom is -0.493 e. The van der Waals surface area contributed by atoms with E-state index in [1.54, 1.807) is 24.3 Å². The predicted octanol–water partition coefficient (Wildman–Crippen LogP) is 1.99. The first-order chi connectivity index (χ1) is 10.5. The summed E-state index contributed by atoms with van der Waals surface area (Å²) in [7, 11) is 3.03. The summed E-state index contributed by atoms with van der Waals surface area (Å²) in [6, 6.07) is 5.28. The molecule has 0 atom stereocenters. The number of rotatable bonds is 5. The number of nitrogens with zero attached hydrogens (tertiary/aromatic N) is 1. The van der Waals surface area contributed by atoms with Gasteiger partial charge in [0, 0.05) is 5.56 Å². The molecule has 6 nitrogen and oxygen atoms in total. The van der Waals surface area contributed by atoms with Gasteiger partial charge in [0.1, 0.15) is 10.9 Å². The van der Waals surface area contributed by atoms with Gasteiger partial charge in [-0.3, -0.25) is 14.5 Å². The summed E-state index contributed by atoms with van der Waals surface area (Å²) in [6.07, 6.45) is 1.61. The van der Waals surface area contributed by atoms with Gasteiger partial charge in [0.15, 0.2) is 11.5 Å². The van der Waals surface area contributed by atoms with E-state index in [0.717, 1.165) is 16.7 Å². The fourth-order valence-electron chi connectivity index (χ4n) is 1.94. The fraction of sp³-hybridized carbons (Fsp3) is 0.214. The van der Waals surface area contributed by atoms with E-state index >= 15 is 0 Å². The molecule has 1 saturated heterocycles. The Hall–Kier alpha value is -2.06. The lowest BCUT2D eigenvalue weighted by Crippen LogP contribution is -2.33. The molecule has 1 aromatic rings. The normalized spacial score (nSPS) is 16.3. The molecule has 0 unspecified atom stereocenters. The van der Waals surface area contributed by atoms with E-state index < -0.39 is 18.4 Å². The average Bonchev–Trinajstić information content (AvgIpc) is 2.74. The minimum absolute atomic E-state index is 0.223.